The molecule has 2 aromatic carbocycles. The van der Waals surface area contributed by atoms with Crippen LogP contribution in [-0.2, 0) is 9.84 Å². The van der Waals surface area contributed by atoms with Crippen LogP contribution in [0.4, 0.5) is 0 Å². The van der Waals surface area contributed by atoms with E-state index in [1.807, 2.05) is 18.2 Å². The number of aromatic nitrogens is 1. The quantitative estimate of drug-likeness (QED) is 0.726. The Hall–Kier alpha value is -2.14. The molecule has 0 atom stereocenters. The number of rotatable bonds is 2. The summed E-state index contributed by atoms with van der Waals surface area (Å²) < 4.78 is 28.3. The SMILES string of the molecule is Cc1nc2cc(-c3ccc(S(C)(=O)=O)cc3)ccc2o1. The molecular weight excluding hydrogens is 274 g/mol. The summed E-state index contributed by atoms with van der Waals surface area (Å²) in [4.78, 5) is 4.61. The van der Waals surface area contributed by atoms with E-state index in [-0.39, 0.29) is 0 Å². The van der Waals surface area contributed by atoms with Crippen molar-refractivity contribution in [2.24, 2.45) is 0 Å². The van der Waals surface area contributed by atoms with Gasteiger partial charge in [-0.05, 0) is 35.4 Å². The molecule has 5 heteroatoms. The standard InChI is InChI=1S/C15H13NO3S/c1-10-16-14-9-12(5-8-15(14)19-10)11-3-6-13(7-4-11)20(2,17)18/h3-9H,1-2H3. The highest BCUT2D eigenvalue weighted by Crippen LogP contribution is 2.25. The second-order valence-electron chi connectivity index (χ2n) is 4.71. The predicted molar refractivity (Wildman–Crippen MR) is 77.3 cm³/mol. The minimum atomic E-state index is -3.16. The fourth-order valence-corrected chi connectivity index (χ4v) is 2.75. The van der Waals surface area contributed by atoms with Gasteiger partial charge in [0.1, 0.15) is 5.52 Å². The van der Waals surface area contributed by atoms with Gasteiger partial charge in [-0.1, -0.05) is 18.2 Å². The predicted octanol–water partition coefficient (Wildman–Crippen LogP) is 3.21. The van der Waals surface area contributed by atoms with E-state index in [9.17, 15) is 8.42 Å². The Kier molecular flexibility index (Phi) is 2.87. The molecule has 1 heterocycles. The highest BCUT2D eigenvalue weighted by atomic mass is 32.2. The number of aryl methyl sites for hydroxylation is 1. The van der Waals surface area contributed by atoms with Crippen LogP contribution in [0.5, 0.6) is 0 Å². The summed E-state index contributed by atoms with van der Waals surface area (Å²) in [6.07, 6.45) is 1.20. The minimum Gasteiger partial charge on any atom is -0.441 e. The molecule has 0 N–H and O–H groups in total. The molecule has 0 spiro atoms. The first-order valence-corrected chi connectivity index (χ1v) is 8.00. The van der Waals surface area contributed by atoms with Crippen LogP contribution in [-0.4, -0.2) is 19.7 Å². The number of hydrogen-bond acceptors (Lipinski definition) is 4. The van der Waals surface area contributed by atoms with Gasteiger partial charge in [0.2, 0.25) is 0 Å². The molecule has 0 saturated heterocycles. The van der Waals surface area contributed by atoms with Crippen molar-refractivity contribution in [1.29, 1.82) is 0 Å². The third-order valence-corrected chi connectivity index (χ3v) is 4.24. The zero-order valence-corrected chi connectivity index (χ0v) is 11.9. The van der Waals surface area contributed by atoms with Crippen molar-refractivity contribution in [3.8, 4) is 11.1 Å². The fourth-order valence-electron chi connectivity index (χ4n) is 2.12. The maximum atomic E-state index is 11.4. The van der Waals surface area contributed by atoms with Gasteiger partial charge in [-0.25, -0.2) is 13.4 Å². The van der Waals surface area contributed by atoms with Crippen molar-refractivity contribution in [3.05, 3.63) is 48.4 Å². The van der Waals surface area contributed by atoms with Crippen LogP contribution in [0.3, 0.4) is 0 Å². The van der Waals surface area contributed by atoms with Gasteiger partial charge >= 0.3 is 0 Å². The first-order chi connectivity index (χ1) is 9.43. The summed E-state index contributed by atoms with van der Waals surface area (Å²) in [6.45, 7) is 1.81. The van der Waals surface area contributed by atoms with Crippen LogP contribution >= 0.6 is 0 Å². The van der Waals surface area contributed by atoms with Crippen LogP contribution in [0, 0.1) is 6.92 Å². The van der Waals surface area contributed by atoms with Gasteiger partial charge in [-0.15, -0.1) is 0 Å². The fraction of sp³-hybridized carbons (Fsp3) is 0.133. The lowest BCUT2D eigenvalue weighted by molar-refractivity contribution is 0.561. The highest BCUT2D eigenvalue weighted by Gasteiger charge is 2.08. The summed E-state index contributed by atoms with van der Waals surface area (Å²) >= 11 is 0. The smallest absolute Gasteiger partial charge is 0.192 e. The van der Waals surface area contributed by atoms with Gasteiger partial charge in [0.05, 0.1) is 4.90 Å². The lowest BCUT2D eigenvalue weighted by Crippen LogP contribution is -1.96. The van der Waals surface area contributed by atoms with E-state index in [0.717, 1.165) is 22.2 Å². The van der Waals surface area contributed by atoms with Crippen LogP contribution in [0.1, 0.15) is 5.89 Å². The minimum absolute atomic E-state index is 0.319. The number of fused-ring (bicyclic) bond motifs is 1. The number of oxazole rings is 1. The van der Waals surface area contributed by atoms with Crippen LogP contribution in [0.2, 0.25) is 0 Å². The summed E-state index contributed by atoms with van der Waals surface area (Å²) in [5.74, 6) is 0.629. The van der Waals surface area contributed by atoms with E-state index >= 15 is 0 Å². The molecule has 0 unspecified atom stereocenters. The molecule has 0 radical (unpaired) electrons. The number of hydrogen-bond donors (Lipinski definition) is 0. The van der Waals surface area contributed by atoms with Gasteiger partial charge in [-0.3, -0.25) is 0 Å². The molecule has 1 aromatic heterocycles. The number of benzene rings is 2. The van der Waals surface area contributed by atoms with Crippen LogP contribution in [0.25, 0.3) is 22.2 Å². The molecule has 4 nitrogen and oxygen atoms in total. The molecule has 0 aliphatic heterocycles. The van der Waals surface area contributed by atoms with E-state index < -0.39 is 9.84 Å². The normalized spacial score (nSPS) is 11.9. The second-order valence-corrected chi connectivity index (χ2v) is 6.73. The van der Waals surface area contributed by atoms with Crippen molar-refractivity contribution < 1.29 is 12.8 Å². The van der Waals surface area contributed by atoms with E-state index in [1.54, 1.807) is 31.2 Å². The van der Waals surface area contributed by atoms with Gasteiger partial charge in [-0.2, -0.15) is 0 Å². The van der Waals surface area contributed by atoms with Gasteiger partial charge in [0.15, 0.2) is 21.3 Å². The van der Waals surface area contributed by atoms with Crippen molar-refractivity contribution in [3.63, 3.8) is 0 Å². The molecule has 102 valence electrons. The molecule has 3 aromatic rings. The van der Waals surface area contributed by atoms with E-state index in [1.165, 1.54) is 6.26 Å². The average molecular weight is 287 g/mol. The highest BCUT2D eigenvalue weighted by molar-refractivity contribution is 7.90. The van der Waals surface area contributed by atoms with Gasteiger partial charge in [0.25, 0.3) is 0 Å². The monoisotopic (exact) mass is 287 g/mol. The largest absolute Gasteiger partial charge is 0.441 e. The lowest BCUT2D eigenvalue weighted by Gasteiger charge is -2.03. The topological polar surface area (TPSA) is 60.2 Å². The molecule has 0 aliphatic rings. The molecule has 0 bridgehead atoms. The molecule has 0 fully saturated rings. The molecule has 0 saturated carbocycles. The summed E-state index contributed by atoms with van der Waals surface area (Å²) in [6, 6.07) is 12.6. The van der Waals surface area contributed by atoms with Crippen molar-refractivity contribution in [2.45, 2.75) is 11.8 Å². The lowest BCUT2D eigenvalue weighted by atomic mass is 10.1. The number of sulfone groups is 1. The van der Waals surface area contributed by atoms with Gasteiger partial charge in [0, 0.05) is 13.2 Å². The Morgan fingerprint density at radius 1 is 1.00 bits per heavy atom. The molecule has 0 aliphatic carbocycles. The Labute approximate surface area is 117 Å². The van der Waals surface area contributed by atoms with Crippen molar-refractivity contribution >= 4 is 20.9 Å². The maximum Gasteiger partial charge on any atom is 0.192 e. The molecule has 3 rings (SSSR count). The van der Waals surface area contributed by atoms with Crippen LogP contribution in [0.15, 0.2) is 51.8 Å². The van der Waals surface area contributed by atoms with Crippen LogP contribution < -0.4 is 0 Å². The number of nitrogens with zero attached hydrogens (tertiary/aromatic N) is 1. The maximum absolute atomic E-state index is 11.4. The second kappa shape index (κ2) is 4.45. The Morgan fingerprint density at radius 3 is 2.30 bits per heavy atom. The first kappa shape index (κ1) is 12.9. The average Bonchev–Trinajstić information content (AvgIpc) is 2.77. The summed E-state index contributed by atoms with van der Waals surface area (Å²) in [7, 11) is -3.16. The molecular formula is C15H13NO3S. The summed E-state index contributed by atoms with van der Waals surface area (Å²) in [5, 5.41) is 0. The zero-order valence-electron chi connectivity index (χ0n) is 11.1. The summed E-state index contributed by atoms with van der Waals surface area (Å²) in [5.41, 5.74) is 3.47. The van der Waals surface area contributed by atoms with E-state index in [4.69, 9.17) is 4.42 Å². The molecule has 0 amide bonds. The zero-order chi connectivity index (χ0) is 14.3. The Balaban J connectivity index is 2.06. The first-order valence-electron chi connectivity index (χ1n) is 6.11. The van der Waals surface area contributed by atoms with E-state index in [0.29, 0.717) is 10.8 Å². The van der Waals surface area contributed by atoms with Gasteiger partial charge < -0.3 is 4.42 Å². The van der Waals surface area contributed by atoms with Crippen molar-refractivity contribution in [2.75, 3.05) is 6.26 Å². The molecule has 20 heavy (non-hydrogen) atoms. The third-order valence-electron chi connectivity index (χ3n) is 3.11. The van der Waals surface area contributed by atoms with E-state index in [2.05, 4.69) is 4.98 Å². The Morgan fingerprint density at radius 2 is 1.65 bits per heavy atom. The van der Waals surface area contributed by atoms with Crippen molar-refractivity contribution in [1.82, 2.24) is 4.98 Å². The Bertz CT molecular complexity index is 877. The third kappa shape index (κ3) is 2.32.